The third kappa shape index (κ3) is 3.89. The van der Waals surface area contributed by atoms with Gasteiger partial charge in [-0.3, -0.25) is 14.9 Å². The highest BCUT2D eigenvalue weighted by atomic mass is 16.6. The van der Waals surface area contributed by atoms with E-state index in [9.17, 15) is 14.9 Å². The van der Waals surface area contributed by atoms with E-state index in [1.807, 2.05) is 0 Å². The molecule has 0 fully saturated rings. The van der Waals surface area contributed by atoms with Gasteiger partial charge in [0.25, 0.3) is 11.6 Å². The van der Waals surface area contributed by atoms with Gasteiger partial charge in [0.15, 0.2) is 0 Å². The number of carbonyl (C=O) groups excluding carboxylic acids is 1. The monoisotopic (exact) mass is 299 g/mol. The fourth-order valence-electron chi connectivity index (χ4n) is 1.65. The number of carbonyl (C=O) groups is 1. The fourth-order valence-corrected chi connectivity index (χ4v) is 1.65. The van der Waals surface area contributed by atoms with Crippen LogP contribution in [0.1, 0.15) is 23.0 Å². The molecule has 1 aromatic carbocycles. The van der Waals surface area contributed by atoms with Crippen molar-refractivity contribution in [1.82, 2.24) is 5.43 Å². The van der Waals surface area contributed by atoms with E-state index in [1.54, 1.807) is 43.5 Å². The molecule has 1 N–H and O–H groups in total. The third-order valence-corrected chi connectivity index (χ3v) is 2.71. The van der Waals surface area contributed by atoms with Crippen LogP contribution in [0.4, 0.5) is 5.69 Å². The van der Waals surface area contributed by atoms with Crippen LogP contribution in [0.2, 0.25) is 0 Å². The number of rotatable bonds is 5. The molecule has 22 heavy (non-hydrogen) atoms. The minimum atomic E-state index is -0.641. The van der Waals surface area contributed by atoms with Crippen molar-refractivity contribution in [2.75, 3.05) is 0 Å². The quantitative estimate of drug-likeness (QED) is 0.521. The summed E-state index contributed by atoms with van der Waals surface area (Å²) in [4.78, 5) is 22.2. The minimum absolute atomic E-state index is 0.0425. The zero-order chi connectivity index (χ0) is 15.9. The van der Waals surface area contributed by atoms with Crippen molar-refractivity contribution < 1.29 is 14.1 Å². The number of nitrogens with one attached hydrogen (secondary N) is 1. The van der Waals surface area contributed by atoms with Crippen molar-refractivity contribution in [3.05, 3.63) is 70.2 Å². The van der Waals surface area contributed by atoms with Gasteiger partial charge in [-0.1, -0.05) is 12.1 Å². The summed E-state index contributed by atoms with van der Waals surface area (Å²) >= 11 is 0. The van der Waals surface area contributed by atoms with E-state index in [2.05, 4.69) is 10.5 Å². The Morgan fingerprint density at radius 3 is 2.77 bits per heavy atom. The van der Waals surface area contributed by atoms with Crippen molar-refractivity contribution in [2.24, 2.45) is 5.10 Å². The summed E-state index contributed by atoms with van der Waals surface area (Å²) in [6, 6.07) is 9.21. The molecule has 0 aliphatic rings. The molecule has 0 spiro atoms. The number of hydrazone groups is 1. The molecule has 2 rings (SSSR count). The van der Waals surface area contributed by atoms with Gasteiger partial charge in [-0.25, -0.2) is 5.43 Å². The van der Waals surface area contributed by atoms with E-state index in [0.717, 1.165) is 0 Å². The number of amides is 1. The van der Waals surface area contributed by atoms with E-state index in [4.69, 9.17) is 4.42 Å². The van der Waals surface area contributed by atoms with Gasteiger partial charge in [-0.05, 0) is 37.3 Å². The molecule has 1 amide bonds. The Balaban J connectivity index is 2.06. The lowest BCUT2D eigenvalue weighted by atomic mass is 10.2. The van der Waals surface area contributed by atoms with Crippen molar-refractivity contribution in [3.63, 3.8) is 0 Å². The van der Waals surface area contributed by atoms with Gasteiger partial charge >= 0.3 is 0 Å². The number of allylic oxidation sites excluding steroid dienone is 1. The van der Waals surface area contributed by atoms with Gasteiger partial charge in [0, 0.05) is 6.07 Å². The zero-order valence-corrected chi connectivity index (χ0v) is 11.7. The first-order valence-electron chi connectivity index (χ1n) is 6.37. The number of nitro groups is 1. The maximum atomic E-state index is 11.9. The average molecular weight is 299 g/mol. The highest BCUT2D eigenvalue weighted by Gasteiger charge is 2.18. The van der Waals surface area contributed by atoms with Crippen molar-refractivity contribution in [2.45, 2.75) is 6.92 Å². The topological polar surface area (TPSA) is 97.7 Å². The summed E-state index contributed by atoms with van der Waals surface area (Å²) < 4.78 is 5.12. The third-order valence-electron chi connectivity index (χ3n) is 2.71. The van der Waals surface area contributed by atoms with E-state index in [1.165, 1.54) is 18.2 Å². The van der Waals surface area contributed by atoms with Crippen LogP contribution in [0.3, 0.4) is 0 Å². The molecule has 0 saturated carbocycles. The first-order chi connectivity index (χ1) is 10.6. The van der Waals surface area contributed by atoms with E-state index in [0.29, 0.717) is 11.5 Å². The molecule has 0 atom stereocenters. The predicted molar refractivity (Wildman–Crippen MR) is 81.4 cm³/mol. The molecule has 0 unspecified atom stereocenters. The van der Waals surface area contributed by atoms with Crippen LogP contribution in [-0.4, -0.2) is 16.5 Å². The Bertz CT molecular complexity index is 733. The summed E-state index contributed by atoms with van der Waals surface area (Å²) in [7, 11) is 0. The number of benzene rings is 1. The van der Waals surface area contributed by atoms with E-state index in [-0.39, 0.29) is 11.3 Å². The van der Waals surface area contributed by atoms with Gasteiger partial charge in [0.2, 0.25) is 0 Å². The first kappa shape index (κ1) is 15.2. The molecule has 0 saturated heterocycles. The standard InChI is InChI=1S/C15H13N3O4/c1-11(8-9-12-5-4-10-22-12)16-17-15(19)13-6-2-3-7-14(13)18(20)21/h2-10H,1H3,(H,17,19)/b9-8+,16-11-. The SMILES string of the molecule is CC(/C=C/c1ccco1)=N/NC(=O)c1ccccc1[N+](=O)[O-]. The molecule has 7 heteroatoms. The Morgan fingerprint density at radius 1 is 1.32 bits per heavy atom. The molecule has 112 valence electrons. The smallest absolute Gasteiger partial charge is 0.282 e. The number of nitrogens with zero attached hydrogens (tertiary/aromatic N) is 2. The van der Waals surface area contributed by atoms with E-state index < -0.39 is 10.8 Å². The number of nitro benzene ring substituents is 1. The second kappa shape index (κ2) is 6.98. The summed E-state index contributed by atoms with van der Waals surface area (Å²) in [6.07, 6.45) is 4.89. The lowest BCUT2D eigenvalue weighted by Crippen LogP contribution is -2.19. The highest BCUT2D eigenvalue weighted by molar-refractivity contribution is 6.00. The Labute approximate surface area is 126 Å². The fraction of sp³-hybridized carbons (Fsp3) is 0.0667. The largest absolute Gasteiger partial charge is 0.465 e. The molecule has 0 bridgehead atoms. The van der Waals surface area contributed by atoms with Gasteiger partial charge in [-0.15, -0.1) is 0 Å². The van der Waals surface area contributed by atoms with Crippen LogP contribution in [0.5, 0.6) is 0 Å². The van der Waals surface area contributed by atoms with Gasteiger partial charge < -0.3 is 4.42 Å². The van der Waals surface area contributed by atoms with Gasteiger partial charge in [0.1, 0.15) is 11.3 Å². The lowest BCUT2D eigenvalue weighted by Gasteiger charge is -2.01. The first-order valence-corrected chi connectivity index (χ1v) is 6.37. The highest BCUT2D eigenvalue weighted by Crippen LogP contribution is 2.17. The van der Waals surface area contributed by atoms with Gasteiger partial charge in [0.05, 0.1) is 16.9 Å². The summed E-state index contributed by atoms with van der Waals surface area (Å²) in [5.41, 5.74) is 2.50. The van der Waals surface area contributed by atoms with Crippen LogP contribution in [-0.2, 0) is 0 Å². The second-order valence-corrected chi connectivity index (χ2v) is 4.32. The molecule has 1 aromatic heterocycles. The van der Waals surface area contributed by atoms with Crippen LogP contribution >= 0.6 is 0 Å². The summed E-state index contributed by atoms with van der Waals surface area (Å²) in [6.45, 7) is 1.68. The molecule has 0 radical (unpaired) electrons. The van der Waals surface area contributed by atoms with Crippen LogP contribution < -0.4 is 5.43 Å². The molecule has 2 aromatic rings. The number of hydrogen-bond acceptors (Lipinski definition) is 5. The summed E-state index contributed by atoms with van der Waals surface area (Å²) in [5, 5.41) is 14.7. The number of furan rings is 1. The molecule has 7 nitrogen and oxygen atoms in total. The molecule has 0 aliphatic carbocycles. The second-order valence-electron chi connectivity index (χ2n) is 4.32. The Morgan fingerprint density at radius 2 is 2.09 bits per heavy atom. The van der Waals surface area contributed by atoms with Crippen molar-refractivity contribution in [1.29, 1.82) is 0 Å². The van der Waals surface area contributed by atoms with Crippen molar-refractivity contribution in [3.8, 4) is 0 Å². The number of para-hydroxylation sites is 1. The van der Waals surface area contributed by atoms with Gasteiger partial charge in [-0.2, -0.15) is 5.10 Å². The number of hydrogen-bond donors (Lipinski definition) is 1. The normalized spacial score (nSPS) is 11.6. The molecular formula is C15H13N3O4. The lowest BCUT2D eigenvalue weighted by molar-refractivity contribution is -0.385. The van der Waals surface area contributed by atoms with Crippen molar-refractivity contribution >= 4 is 23.4 Å². The Hall–Kier alpha value is -3.22. The van der Waals surface area contributed by atoms with Crippen LogP contribution in [0.25, 0.3) is 6.08 Å². The Kier molecular flexibility index (Phi) is 4.81. The maximum Gasteiger partial charge on any atom is 0.282 e. The predicted octanol–water partition coefficient (Wildman–Crippen LogP) is 3.01. The maximum absolute atomic E-state index is 11.9. The van der Waals surface area contributed by atoms with Crippen LogP contribution in [0, 0.1) is 10.1 Å². The minimum Gasteiger partial charge on any atom is -0.465 e. The van der Waals surface area contributed by atoms with E-state index >= 15 is 0 Å². The van der Waals surface area contributed by atoms with Crippen LogP contribution in [0.15, 0.2) is 58.3 Å². The molecular weight excluding hydrogens is 286 g/mol. The molecule has 0 aliphatic heterocycles. The average Bonchev–Trinajstić information content (AvgIpc) is 3.04. The summed E-state index contributed by atoms with van der Waals surface area (Å²) in [5.74, 6) is 0.0117. The molecule has 1 heterocycles. The zero-order valence-electron chi connectivity index (χ0n) is 11.7.